The van der Waals surface area contributed by atoms with E-state index in [0.29, 0.717) is 0 Å². The minimum atomic E-state index is 0.180. The summed E-state index contributed by atoms with van der Waals surface area (Å²) in [6.45, 7) is 7.30. The monoisotopic (exact) mass is 254 g/mol. The third kappa shape index (κ3) is 4.44. The largest absolute Gasteiger partial charge is 0.493 e. The predicted octanol–water partition coefficient (Wildman–Crippen LogP) is 4.70. The van der Waals surface area contributed by atoms with Gasteiger partial charge in [-0.3, -0.25) is 0 Å². The first kappa shape index (κ1) is 13.7. The van der Waals surface area contributed by atoms with Gasteiger partial charge in [-0.2, -0.15) is 0 Å². The molecule has 0 saturated heterocycles. The smallest absolute Gasteiger partial charge is 0.122 e. The third-order valence-corrected chi connectivity index (χ3v) is 2.87. The molecule has 0 atom stereocenters. The molecule has 0 saturated carbocycles. The van der Waals surface area contributed by atoms with Crippen LogP contribution in [0, 0.1) is 5.41 Å². The Morgan fingerprint density at radius 2 is 1.47 bits per heavy atom. The van der Waals surface area contributed by atoms with Crippen LogP contribution in [-0.4, -0.2) is 6.61 Å². The van der Waals surface area contributed by atoms with E-state index < -0.39 is 0 Å². The summed E-state index contributed by atoms with van der Waals surface area (Å²) in [5, 5.41) is 0. The Labute approximate surface area is 116 Å². The molecule has 0 aromatic heterocycles. The molecule has 0 unspecified atom stereocenters. The van der Waals surface area contributed by atoms with Crippen molar-refractivity contribution in [3.8, 4) is 5.75 Å². The van der Waals surface area contributed by atoms with Crippen LogP contribution in [0.1, 0.15) is 31.9 Å². The van der Waals surface area contributed by atoms with Crippen molar-refractivity contribution in [2.24, 2.45) is 5.41 Å². The predicted molar refractivity (Wildman–Crippen MR) is 80.6 cm³/mol. The maximum absolute atomic E-state index is 5.97. The number of para-hydroxylation sites is 1. The zero-order valence-electron chi connectivity index (χ0n) is 12.0. The van der Waals surface area contributed by atoms with Gasteiger partial charge in [0.15, 0.2) is 0 Å². The van der Waals surface area contributed by atoms with Crippen molar-refractivity contribution in [1.29, 1.82) is 0 Å². The summed E-state index contributed by atoms with van der Waals surface area (Å²) >= 11 is 0. The molecule has 0 amide bonds. The van der Waals surface area contributed by atoms with Crippen molar-refractivity contribution < 1.29 is 4.74 Å². The molecule has 0 N–H and O–H groups in total. The van der Waals surface area contributed by atoms with Gasteiger partial charge in [-0.1, -0.05) is 69.3 Å². The van der Waals surface area contributed by atoms with Crippen LogP contribution < -0.4 is 4.74 Å². The van der Waals surface area contributed by atoms with Crippen molar-refractivity contribution in [2.75, 3.05) is 6.61 Å². The van der Waals surface area contributed by atoms with E-state index in [1.807, 2.05) is 12.1 Å². The average Bonchev–Trinajstić information content (AvgIpc) is 2.38. The molecule has 0 fully saturated rings. The lowest BCUT2D eigenvalue weighted by Gasteiger charge is -2.20. The Balaban J connectivity index is 2.12. The summed E-state index contributed by atoms with van der Waals surface area (Å²) in [7, 11) is 0. The lowest BCUT2D eigenvalue weighted by molar-refractivity contribution is 0.196. The van der Waals surface area contributed by atoms with Gasteiger partial charge in [0.25, 0.3) is 0 Å². The second kappa shape index (κ2) is 5.92. The maximum Gasteiger partial charge on any atom is 0.122 e. The molecule has 0 aliphatic carbocycles. The third-order valence-electron chi connectivity index (χ3n) is 2.87. The first-order chi connectivity index (χ1) is 9.04. The summed E-state index contributed by atoms with van der Waals surface area (Å²) in [5.74, 6) is 1.00. The van der Waals surface area contributed by atoms with E-state index in [4.69, 9.17) is 4.74 Å². The Bertz CT molecular complexity index is 509. The highest BCUT2D eigenvalue weighted by Crippen LogP contribution is 2.24. The first-order valence-electron chi connectivity index (χ1n) is 6.79. The van der Waals surface area contributed by atoms with Gasteiger partial charge in [0.05, 0.1) is 6.61 Å². The van der Waals surface area contributed by atoms with Gasteiger partial charge in [0.2, 0.25) is 0 Å². The van der Waals surface area contributed by atoms with Crippen LogP contribution in [0.5, 0.6) is 5.75 Å². The highest BCUT2D eigenvalue weighted by molar-refractivity contribution is 5.37. The van der Waals surface area contributed by atoms with Gasteiger partial charge in [-0.05, 0) is 22.6 Å². The van der Waals surface area contributed by atoms with Crippen molar-refractivity contribution >= 4 is 0 Å². The van der Waals surface area contributed by atoms with Crippen molar-refractivity contribution in [1.82, 2.24) is 0 Å². The molecule has 2 aromatic rings. The number of hydrogen-bond donors (Lipinski definition) is 0. The molecule has 1 heteroatoms. The van der Waals surface area contributed by atoms with Gasteiger partial charge in [0, 0.05) is 6.42 Å². The number of ether oxygens (including phenoxy) is 1. The molecule has 1 nitrogen and oxygen atoms in total. The number of hydrogen-bond acceptors (Lipinski definition) is 1. The maximum atomic E-state index is 5.97. The molecule has 2 aromatic carbocycles. The molecular weight excluding hydrogens is 232 g/mol. The molecule has 2 rings (SSSR count). The van der Waals surface area contributed by atoms with Gasteiger partial charge in [0.1, 0.15) is 5.75 Å². The number of benzene rings is 2. The van der Waals surface area contributed by atoms with Crippen molar-refractivity contribution in [3.63, 3.8) is 0 Å². The molecule has 0 bridgehead atoms. The van der Waals surface area contributed by atoms with Gasteiger partial charge in [-0.15, -0.1) is 0 Å². The zero-order chi connectivity index (χ0) is 13.7. The highest BCUT2D eigenvalue weighted by Gasteiger charge is 2.12. The second-order valence-electron chi connectivity index (χ2n) is 6.12. The number of rotatable bonds is 4. The fourth-order valence-electron chi connectivity index (χ4n) is 1.90. The van der Waals surface area contributed by atoms with Crippen LogP contribution in [0.4, 0.5) is 0 Å². The standard InChI is InChI=1S/C18H22O/c1-18(2,3)14-19-17-12-8-7-11-16(17)13-15-9-5-4-6-10-15/h4-12H,13-14H2,1-3H3. The van der Waals surface area contributed by atoms with Crippen LogP contribution in [0.25, 0.3) is 0 Å². The van der Waals surface area contributed by atoms with E-state index in [1.54, 1.807) is 0 Å². The molecule has 100 valence electrons. The summed E-state index contributed by atoms with van der Waals surface area (Å²) in [4.78, 5) is 0. The first-order valence-corrected chi connectivity index (χ1v) is 6.79. The van der Waals surface area contributed by atoms with Crippen molar-refractivity contribution in [2.45, 2.75) is 27.2 Å². The van der Waals surface area contributed by atoms with Crippen molar-refractivity contribution in [3.05, 3.63) is 65.7 Å². The van der Waals surface area contributed by atoms with Gasteiger partial charge in [-0.25, -0.2) is 0 Å². The Morgan fingerprint density at radius 3 is 2.16 bits per heavy atom. The zero-order valence-corrected chi connectivity index (χ0v) is 12.0. The SMILES string of the molecule is CC(C)(C)COc1ccccc1Cc1ccccc1. The van der Waals surface area contributed by atoms with Crippen LogP contribution in [0.2, 0.25) is 0 Å². The van der Waals surface area contributed by atoms with E-state index in [1.165, 1.54) is 11.1 Å². The van der Waals surface area contributed by atoms with Crippen LogP contribution in [0.3, 0.4) is 0 Å². The molecule has 0 aliphatic rings. The summed E-state index contributed by atoms with van der Waals surface area (Å²) in [6, 6.07) is 18.8. The Kier molecular flexibility index (Phi) is 4.26. The molecular formula is C18H22O. The van der Waals surface area contributed by atoms with E-state index >= 15 is 0 Å². The van der Waals surface area contributed by atoms with Crippen LogP contribution in [0.15, 0.2) is 54.6 Å². The topological polar surface area (TPSA) is 9.23 Å². The fourth-order valence-corrected chi connectivity index (χ4v) is 1.90. The lowest BCUT2D eigenvalue weighted by atomic mass is 9.98. The summed E-state index contributed by atoms with van der Waals surface area (Å²) < 4.78 is 5.97. The van der Waals surface area contributed by atoms with E-state index in [2.05, 4.69) is 63.2 Å². The van der Waals surface area contributed by atoms with Crippen LogP contribution >= 0.6 is 0 Å². The molecule has 0 radical (unpaired) electrons. The van der Waals surface area contributed by atoms with E-state index in [9.17, 15) is 0 Å². The van der Waals surface area contributed by atoms with Gasteiger partial charge >= 0.3 is 0 Å². The lowest BCUT2D eigenvalue weighted by Crippen LogP contribution is -2.17. The quantitative estimate of drug-likeness (QED) is 0.768. The normalized spacial score (nSPS) is 11.3. The van der Waals surface area contributed by atoms with E-state index in [-0.39, 0.29) is 5.41 Å². The Morgan fingerprint density at radius 1 is 0.842 bits per heavy atom. The average molecular weight is 254 g/mol. The Hall–Kier alpha value is -1.76. The second-order valence-corrected chi connectivity index (χ2v) is 6.12. The summed E-state index contributed by atoms with van der Waals surface area (Å²) in [5.41, 5.74) is 2.74. The summed E-state index contributed by atoms with van der Waals surface area (Å²) in [6.07, 6.45) is 0.918. The molecule has 19 heavy (non-hydrogen) atoms. The van der Waals surface area contributed by atoms with Crippen LogP contribution in [-0.2, 0) is 6.42 Å². The molecule has 0 spiro atoms. The minimum Gasteiger partial charge on any atom is -0.493 e. The molecule has 0 heterocycles. The fraction of sp³-hybridized carbons (Fsp3) is 0.333. The molecule has 0 aliphatic heterocycles. The van der Waals surface area contributed by atoms with E-state index in [0.717, 1.165) is 18.8 Å². The minimum absolute atomic E-state index is 0.180. The van der Waals surface area contributed by atoms with Gasteiger partial charge < -0.3 is 4.74 Å². The highest BCUT2D eigenvalue weighted by atomic mass is 16.5.